The van der Waals surface area contributed by atoms with Crippen molar-refractivity contribution in [1.29, 1.82) is 0 Å². The lowest BCUT2D eigenvalue weighted by atomic mass is 10.0. The number of benzene rings is 1. The number of nitrogens with zero attached hydrogens (tertiary/aromatic N) is 9. The van der Waals surface area contributed by atoms with Gasteiger partial charge in [0.2, 0.25) is 11.8 Å². The van der Waals surface area contributed by atoms with Crippen molar-refractivity contribution in [3.8, 4) is 11.4 Å². The van der Waals surface area contributed by atoms with Gasteiger partial charge >= 0.3 is 0 Å². The van der Waals surface area contributed by atoms with Crippen molar-refractivity contribution in [1.82, 2.24) is 35.2 Å². The summed E-state index contributed by atoms with van der Waals surface area (Å²) < 4.78 is 2.10. The van der Waals surface area contributed by atoms with Crippen LogP contribution in [0.1, 0.15) is 37.3 Å². The summed E-state index contributed by atoms with van der Waals surface area (Å²) in [4.78, 5) is 11.7. The molecular formula is C20H23N11. The number of hydrogen-bond acceptors (Lipinski definition) is 7. The molecule has 3 aromatic heterocycles. The van der Waals surface area contributed by atoms with Crippen LogP contribution in [0, 0.1) is 6.92 Å². The largest absolute Gasteiger partial charge is 0.368 e. The number of unbranched alkanes of at least 4 members (excludes halogenated alkanes) is 2. The summed E-state index contributed by atoms with van der Waals surface area (Å²) in [6.07, 6.45) is 5.29. The van der Waals surface area contributed by atoms with Gasteiger partial charge in [-0.3, -0.25) is 0 Å². The Morgan fingerprint density at radius 1 is 1.23 bits per heavy atom. The number of tetrazole rings is 1. The molecule has 0 amide bonds. The summed E-state index contributed by atoms with van der Waals surface area (Å²) in [5.41, 5.74) is 13.6. The summed E-state index contributed by atoms with van der Waals surface area (Å²) in [6.45, 7) is 5.67. The van der Waals surface area contributed by atoms with Crippen LogP contribution in [0.3, 0.4) is 0 Å². The molecule has 158 valence electrons. The Morgan fingerprint density at radius 2 is 2.13 bits per heavy atom. The third-order valence-electron chi connectivity index (χ3n) is 5.09. The fourth-order valence-corrected chi connectivity index (χ4v) is 3.50. The second-order valence-electron chi connectivity index (χ2n) is 7.25. The minimum atomic E-state index is 0.117. The number of azide groups is 1. The summed E-state index contributed by atoms with van der Waals surface area (Å²) in [7, 11) is 0. The van der Waals surface area contributed by atoms with E-state index < -0.39 is 0 Å². The van der Waals surface area contributed by atoms with Crippen molar-refractivity contribution in [2.45, 2.75) is 39.7 Å². The van der Waals surface area contributed by atoms with Gasteiger partial charge in [0.05, 0.1) is 5.52 Å². The SMILES string of the molecule is CCCCCNc1nc(N=[N+]=[N-])nc2ccn(Cc3ccc(-c4nn[nH]n4)cc3C)c12. The number of fused-ring (bicyclic) bond motifs is 1. The van der Waals surface area contributed by atoms with Crippen LogP contribution in [-0.2, 0) is 6.54 Å². The minimum absolute atomic E-state index is 0.117. The smallest absolute Gasteiger partial charge is 0.219 e. The van der Waals surface area contributed by atoms with Crippen molar-refractivity contribution < 1.29 is 0 Å². The Hall–Kier alpha value is -3.98. The summed E-state index contributed by atoms with van der Waals surface area (Å²) in [6, 6.07) is 8.01. The molecule has 0 atom stereocenters. The normalized spacial score (nSPS) is 10.9. The van der Waals surface area contributed by atoms with E-state index in [1.54, 1.807) is 0 Å². The Balaban J connectivity index is 1.66. The predicted octanol–water partition coefficient (Wildman–Crippen LogP) is 4.51. The van der Waals surface area contributed by atoms with Crippen LogP contribution < -0.4 is 5.32 Å². The number of aromatic nitrogens is 7. The summed E-state index contributed by atoms with van der Waals surface area (Å²) in [5.74, 6) is 1.36. The number of aromatic amines is 1. The molecule has 0 aliphatic heterocycles. The lowest BCUT2D eigenvalue weighted by molar-refractivity contribution is 0.741. The van der Waals surface area contributed by atoms with Crippen molar-refractivity contribution in [3.63, 3.8) is 0 Å². The standard InChI is InChI=1S/C20H23N11/c1-3-4-5-9-22-19-17-16(23-20(24-19)27-28-21)8-10-31(17)12-15-7-6-14(11-13(15)2)18-25-29-30-26-18/h6-8,10-11H,3-5,9,12H2,1-2H3,(H,22,23,24)(H,25,26,29,30). The van der Waals surface area contributed by atoms with Gasteiger partial charge in [-0.05, 0) is 52.5 Å². The van der Waals surface area contributed by atoms with Gasteiger partial charge in [0.25, 0.3) is 0 Å². The Labute approximate surface area is 178 Å². The summed E-state index contributed by atoms with van der Waals surface area (Å²) in [5, 5.41) is 21.2. The van der Waals surface area contributed by atoms with Crippen LogP contribution in [0.25, 0.3) is 32.9 Å². The summed E-state index contributed by atoms with van der Waals surface area (Å²) >= 11 is 0. The van der Waals surface area contributed by atoms with Crippen LogP contribution in [0.2, 0.25) is 0 Å². The second-order valence-corrected chi connectivity index (χ2v) is 7.25. The van der Waals surface area contributed by atoms with Crippen LogP contribution in [0.15, 0.2) is 35.6 Å². The number of anilines is 1. The number of rotatable bonds is 9. The number of hydrogen-bond donors (Lipinski definition) is 2. The molecule has 3 heterocycles. The molecule has 0 unspecified atom stereocenters. The fourth-order valence-electron chi connectivity index (χ4n) is 3.50. The number of H-pyrrole nitrogens is 1. The average molecular weight is 417 g/mol. The van der Waals surface area contributed by atoms with Crippen molar-refractivity contribution in [3.05, 3.63) is 52.0 Å². The maximum Gasteiger partial charge on any atom is 0.219 e. The van der Waals surface area contributed by atoms with Crippen LogP contribution in [0.5, 0.6) is 0 Å². The zero-order chi connectivity index (χ0) is 21.6. The van der Waals surface area contributed by atoms with Crippen molar-refractivity contribution in [2.24, 2.45) is 5.11 Å². The van der Waals surface area contributed by atoms with E-state index in [0.717, 1.165) is 53.5 Å². The zero-order valence-corrected chi connectivity index (χ0v) is 17.4. The van der Waals surface area contributed by atoms with E-state index in [-0.39, 0.29) is 5.95 Å². The molecule has 31 heavy (non-hydrogen) atoms. The van der Waals surface area contributed by atoms with Gasteiger partial charge in [-0.25, -0.2) is 9.97 Å². The molecule has 4 aromatic rings. The zero-order valence-electron chi connectivity index (χ0n) is 17.4. The highest BCUT2D eigenvalue weighted by molar-refractivity contribution is 5.87. The molecule has 0 saturated heterocycles. The first-order chi connectivity index (χ1) is 15.2. The van der Waals surface area contributed by atoms with E-state index in [2.05, 4.69) is 70.4 Å². The van der Waals surface area contributed by atoms with E-state index >= 15 is 0 Å². The molecule has 11 nitrogen and oxygen atoms in total. The maximum atomic E-state index is 8.79. The average Bonchev–Trinajstić information content (AvgIpc) is 3.43. The van der Waals surface area contributed by atoms with Gasteiger partial charge < -0.3 is 9.88 Å². The second kappa shape index (κ2) is 9.23. The third-order valence-corrected chi connectivity index (χ3v) is 5.09. The van der Waals surface area contributed by atoms with Crippen molar-refractivity contribution >= 4 is 22.8 Å². The minimum Gasteiger partial charge on any atom is -0.368 e. The molecule has 0 bridgehead atoms. The first kappa shape index (κ1) is 20.3. The first-order valence-electron chi connectivity index (χ1n) is 10.2. The van der Waals surface area contributed by atoms with Gasteiger partial charge in [0, 0.05) is 29.8 Å². The lowest BCUT2D eigenvalue weighted by Gasteiger charge is -2.13. The highest BCUT2D eigenvalue weighted by Gasteiger charge is 2.13. The van der Waals surface area contributed by atoms with Crippen LogP contribution in [-0.4, -0.2) is 41.7 Å². The molecule has 0 spiro atoms. The van der Waals surface area contributed by atoms with Gasteiger partial charge in [0.15, 0.2) is 5.82 Å². The Bertz CT molecular complexity index is 1220. The lowest BCUT2D eigenvalue weighted by Crippen LogP contribution is -2.08. The monoisotopic (exact) mass is 417 g/mol. The van der Waals surface area contributed by atoms with Gasteiger partial charge in [0.1, 0.15) is 5.52 Å². The molecular weight excluding hydrogens is 394 g/mol. The highest BCUT2D eigenvalue weighted by Crippen LogP contribution is 2.27. The van der Waals surface area contributed by atoms with Crippen LogP contribution >= 0.6 is 0 Å². The molecule has 1 aromatic carbocycles. The quantitative estimate of drug-likeness (QED) is 0.177. The van der Waals surface area contributed by atoms with E-state index in [1.165, 1.54) is 0 Å². The van der Waals surface area contributed by atoms with E-state index in [4.69, 9.17) is 5.53 Å². The molecule has 4 rings (SSSR count). The Morgan fingerprint density at radius 3 is 2.87 bits per heavy atom. The Kier molecular flexibility index (Phi) is 6.04. The third kappa shape index (κ3) is 4.46. The molecule has 0 aliphatic rings. The molecule has 2 N–H and O–H groups in total. The maximum absolute atomic E-state index is 8.79. The van der Waals surface area contributed by atoms with E-state index in [0.29, 0.717) is 18.2 Å². The molecule has 0 saturated carbocycles. The van der Waals surface area contributed by atoms with Gasteiger partial charge in [-0.1, -0.05) is 31.9 Å². The molecule has 0 aliphatic carbocycles. The van der Waals surface area contributed by atoms with Gasteiger partial charge in [-0.15, -0.1) is 10.2 Å². The van der Waals surface area contributed by atoms with E-state index in [1.807, 2.05) is 24.4 Å². The van der Waals surface area contributed by atoms with E-state index in [9.17, 15) is 0 Å². The van der Waals surface area contributed by atoms with Gasteiger partial charge in [-0.2, -0.15) is 5.21 Å². The number of nitrogens with one attached hydrogen (secondary N) is 2. The first-order valence-corrected chi connectivity index (χ1v) is 10.2. The molecule has 11 heteroatoms. The topological polar surface area (TPSA) is 146 Å². The number of aryl methyl sites for hydroxylation is 1. The highest BCUT2D eigenvalue weighted by atomic mass is 15.5. The molecule has 0 fully saturated rings. The predicted molar refractivity (Wildman–Crippen MR) is 118 cm³/mol. The fraction of sp³-hybridized carbons (Fsp3) is 0.350. The van der Waals surface area contributed by atoms with Crippen LogP contribution in [0.4, 0.5) is 11.8 Å². The molecule has 0 radical (unpaired) electrons. The van der Waals surface area contributed by atoms with Crippen molar-refractivity contribution in [2.75, 3.05) is 11.9 Å².